The topological polar surface area (TPSA) is 75.7 Å². The molecule has 1 amide bonds. The minimum Gasteiger partial charge on any atom is -0.478 e. The Hall–Kier alpha value is -2.54. The van der Waals surface area contributed by atoms with Crippen LogP contribution in [0.25, 0.3) is 0 Å². The Morgan fingerprint density at radius 2 is 1.88 bits per heavy atom. The van der Waals surface area contributed by atoms with Crippen LogP contribution in [0.15, 0.2) is 48.5 Å². The predicted octanol–water partition coefficient (Wildman–Crippen LogP) is 2.23. The minimum atomic E-state index is -3.45. The first-order chi connectivity index (χ1) is 12.4. The van der Waals surface area contributed by atoms with Gasteiger partial charge >= 0.3 is 0 Å². The smallest absolute Gasteiger partial charge is 0.261 e. The normalized spacial score (nSPS) is 17.0. The fraction of sp³-hybridized carbons (Fsp3) is 0.316. The van der Waals surface area contributed by atoms with Gasteiger partial charge in [0.25, 0.3) is 5.91 Å². The van der Waals surface area contributed by atoms with Crippen molar-refractivity contribution in [1.82, 2.24) is 5.32 Å². The molecular formula is C19H22N2O4S. The van der Waals surface area contributed by atoms with Gasteiger partial charge in [-0.3, -0.25) is 9.10 Å². The number of carbonyl (C=O) groups excluding carboxylic acids is 1. The molecule has 0 spiro atoms. The van der Waals surface area contributed by atoms with Crippen molar-refractivity contribution in [2.75, 3.05) is 17.1 Å². The number of sulfonamides is 1. The predicted molar refractivity (Wildman–Crippen MR) is 101 cm³/mol. The highest BCUT2D eigenvalue weighted by Crippen LogP contribution is 2.33. The number of ether oxygens (including phenoxy) is 1. The van der Waals surface area contributed by atoms with E-state index in [4.69, 9.17) is 4.74 Å². The summed E-state index contributed by atoms with van der Waals surface area (Å²) in [6.07, 6.45) is 0.691. The van der Waals surface area contributed by atoms with Gasteiger partial charge in [0.1, 0.15) is 5.75 Å². The van der Waals surface area contributed by atoms with Crippen molar-refractivity contribution in [2.24, 2.45) is 0 Å². The second-order valence-corrected chi connectivity index (χ2v) is 8.25. The van der Waals surface area contributed by atoms with Crippen LogP contribution in [0.4, 0.5) is 5.69 Å². The molecular weight excluding hydrogens is 352 g/mol. The summed E-state index contributed by atoms with van der Waals surface area (Å²) >= 11 is 0. The van der Waals surface area contributed by atoms with Gasteiger partial charge < -0.3 is 10.1 Å². The van der Waals surface area contributed by atoms with Gasteiger partial charge in [-0.15, -0.1) is 0 Å². The average molecular weight is 374 g/mol. The number of anilines is 1. The van der Waals surface area contributed by atoms with Crippen molar-refractivity contribution in [3.05, 3.63) is 59.7 Å². The molecule has 1 atom stereocenters. The Morgan fingerprint density at radius 3 is 2.62 bits per heavy atom. The van der Waals surface area contributed by atoms with Gasteiger partial charge in [-0.25, -0.2) is 8.42 Å². The van der Waals surface area contributed by atoms with Crippen LogP contribution in [0.2, 0.25) is 0 Å². The van der Waals surface area contributed by atoms with E-state index >= 15 is 0 Å². The molecule has 0 unspecified atom stereocenters. The van der Waals surface area contributed by atoms with Gasteiger partial charge in [0.05, 0.1) is 11.9 Å². The summed E-state index contributed by atoms with van der Waals surface area (Å²) in [5.41, 5.74) is 2.60. The Labute approximate surface area is 153 Å². The molecule has 3 rings (SSSR count). The molecule has 1 aliphatic rings. The van der Waals surface area contributed by atoms with Gasteiger partial charge in [0, 0.05) is 19.5 Å². The first-order valence-electron chi connectivity index (χ1n) is 8.42. The van der Waals surface area contributed by atoms with Gasteiger partial charge in [0.2, 0.25) is 10.0 Å². The molecule has 138 valence electrons. The largest absolute Gasteiger partial charge is 0.478 e. The third-order valence-electron chi connectivity index (χ3n) is 4.40. The molecule has 0 aromatic heterocycles. The van der Waals surface area contributed by atoms with Gasteiger partial charge in [-0.05, 0) is 30.2 Å². The first kappa shape index (κ1) is 18.3. The van der Waals surface area contributed by atoms with Crippen LogP contribution in [0, 0.1) is 6.92 Å². The second-order valence-electron chi connectivity index (χ2n) is 6.34. The highest BCUT2D eigenvalue weighted by Gasteiger charge is 2.30. The van der Waals surface area contributed by atoms with E-state index in [-0.39, 0.29) is 18.9 Å². The fourth-order valence-electron chi connectivity index (χ4n) is 2.96. The van der Waals surface area contributed by atoms with Crippen LogP contribution < -0.4 is 14.4 Å². The molecule has 2 aromatic rings. The number of hydrogen-bond donors (Lipinski definition) is 1. The lowest BCUT2D eigenvalue weighted by molar-refractivity contribution is -0.128. The van der Waals surface area contributed by atoms with Crippen LogP contribution in [-0.4, -0.2) is 33.2 Å². The lowest BCUT2D eigenvalue weighted by Gasteiger charge is -2.20. The van der Waals surface area contributed by atoms with Crippen molar-refractivity contribution in [2.45, 2.75) is 26.0 Å². The molecule has 7 heteroatoms. The molecule has 6 nitrogen and oxygen atoms in total. The lowest BCUT2D eigenvalue weighted by atomic mass is 10.1. The monoisotopic (exact) mass is 374 g/mol. The minimum absolute atomic E-state index is 0.193. The molecule has 0 aliphatic carbocycles. The maximum atomic E-state index is 12.6. The number of amides is 1. The number of hydrogen-bond acceptors (Lipinski definition) is 4. The number of fused-ring (bicyclic) bond motifs is 1. The number of carbonyl (C=O) groups is 1. The zero-order valence-corrected chi connectivity index (χ0v) is 15.6. The van der Waals surface area contributed by atoms with Crippen molar-refractivity contribution in [3.8, 4) is 5.75 Å². The fourth-order valence-corrected chi connectivity index (χ4v) is 3.91. The zero-order valence-electron chi connectivity index (χ0n) is 14.8. The van der Waals surface area contributed by atoms with Gasteiger partial charge in [-0.2, -0.15) is 0 Å². The van der Waals surface area contributed by atoms with Gasteiger partial charge in [0.15, 0.2) is 6.10 Å². The maximum absolute atomic E-state index is 12.6. The Bertz CT molecular complexity index is 911. The SMILES string of the molecule is Cc1ccccc1CNC(=O)[C@H]1CCN(S(C)(=O)=O)c2ccccc2O1. The van der Waals surface area contributed by atoms with E-state index in [1.807, 2.05) is 31.2 Å². The summed E-state index contributed by atoms with van der Waals surface area (Å²) in [7, 11) is -3.45. The van der Waals surface area contributed by atoms with Crippen LogP contribution in [0.1, 0.15) is 17.5 Å². The van der Waals surface area contributed by atoms with E-state index in [2.05, 4.69) is 5.32 Å². The second kappa shape index (κ2) is 7.37. The summed E-state index contributed by atoms with van der Waals surface area (Å²) in [5, 5.41) is 2.89. The number of nitrogens with zero attached hydrogens (tertiary/aromatic N) is 1. The summed E-state index contributed by atoms with van der Waals surface area (Å²) in [5.74, 6) is 0.143. The van der Waals surface area contributed by atoms with Crippen molar-refractivity contribution in [3.63, 3.8) is 0 Å². The third-order valence-corrected chi connectivity index (χ3v) is 5.58. The summed E-state index contributed by atoms with van der Waals surface area (Å²) in [6.45, 7) is 2.59. The van der Waals surface area contributed by atoms with E-state index in [1.165, 1.54) is 4.31 Å². The lowest BCUT2D eigenvalue weighted by Crippen LogP contribution is -2.39. The number of rotatable bonds is 4. The molecule has 0 fully saturated rings. The number of benzene rings is 2. The van der Waals surface area contributed by atoms with E-state index in [0.29, 0.717) is 18.0 Å². The van der Waals surface area contributed by atoms with Crippen molar-refractivity contribution < 1.29 is 17.9 Å². The number of para-hydroxylation sites is 2. The molecule has 0 saturated carbocycles. The molecule has 26 heavy (non-hydrogen) atoms. The third kappa shape index (κ3) is 3.99. The molecule has 1 aliphatic heterocycles. The van der Waals surface area contributed by atoms with Crippen LogP contribution >= 0.6 is 0 Å². The molecule has 0 bridgehead atoms. The standard InChI is InChI=1S/C19H22N2O4S/c1-14-7-3-4-8-15(14)13-20-19(22)18-11-12-21(26(2,23)24)16-9-5-6-10-17(16)25-18/h3-10,18H,11-13H2,1-2H3,(H,20,22)/t18-/m1/s1. The highest BCUT2D eigenvalue weighted by atomic mass is 32.2. The summed E-state index contributed by atoms with van der Waals surface area (Å²) in [4.78, 5) is 12.6. The Kier molecular flexibility index (Phi) is 5.18. The van der Waals surface area contributed by atoms with Gasteiger partial charge in [-0.1, -0.05) is 36.4 Å². The van der Waals surface area contributed by atoms with Crippen molar-refractivity contribution >= 4 is 21.6 Å². The van der Waals surface area contributed by atoms with E-state index in [9.17, 15) is 13.2 Å². The van der Waals surface area contributed by atoms with Crippen LogP contribution in [0.3, 0.4) is 0 Å². The zero-order chi connectivity index (χ0) is 18.7. The Morgan fingerprint density at radius 1 is 1.19 bits per heavy atom. The van der Waals surface area contributed by atoms with Crippen LogP contribution in [0.5, 0.6) is 5.75 Å². The van der Waals surface area contributed by atoms with E-state index < -0.39 is 16.1 Å². The molecule has 1 heterocycles. The highest BCUT2D eigenvalue weighted by molar-refractivity contribution is 7.92. The molecule has 2 aromatic carbocycles. The number of aryl methyl sites for hydroxylation is 1. The summed E-state index contributed by atoms with van der Waals surface area (Å²) < 4.78 is 31.3. The van der Waals surface area contributed by atoms with Crippen LogP contribution in [-0.2, 0) is 21.4 Å². The maximum Gasteiger partial charge on any atom is 0.261 e. The molecule has 1 N–H and O–H groups in total. The van der Waals surface area contributed by atoms with E-state index in [0.717, 1.165) is 17.4 Å². The van der Waals surface area contributed by atoms with Crippen molar-refractivity contribution in [1.29, 1.82) is 0 Å². The first-order valence-corrected chi connectivity index (χ1v) is 10.3. The quantitative estimate of drug-likeness (QED) is 0.890. The number of nitrogens with one attached hydrogen (secondary N) is 1. The molecule has 0 radical (unpaired) electrons. The average Bonchev–Trinajstić information content (AvgIpc) is 2.80. The summed E-state index contributed by atoms with van der Waals surface area (Å²) in [6, 6.07) is 14.7. The molecule has 0 saturated heterocycles. The Balaban J connectivity index is 1.76. The van der Waals surface area contributed by atoms with E-state index in [1.54, 1.807) is 24.3 Å².